The van der Waals surface area contributed by atoms with Crippen molar-refractivity contribution in [1.29, 1.82) is 5.26 Å². The van der Waals surface area contributed by atoms with E-state index >= 15 is 0 Å². The van der Waals surface area contributed by atoms with Gasteiger partial charge in [0.25, 0.3) is 5.91 Å². The highest BCUT2D eigenvalue weighted by atomic mass is 32.1. The molecule has 252 valence electrons. The molecular weight excluding hydrogens is 655 g/mol. The summed E-state index contributed by atoms with van der Waals surface area (Å²) in [4.78, 5) is 17.7. The molecule has 0 unspecified atom stereocenters. The first kappa shape index (κ1) is 35.7. The molecule has 3 aromatic heterocycles. The zero-order valence-electron chi connectivity index (χ0n) is 28.8. The molecule has 10 heteroatoms. The number of nitrogens with one attached hydrogen (secondary N) is 1. The van der Waals surface area contributed by atoms with Crippen molar-refractivity contribution in [1.82, 2.24) is 9.88 Å². The molecular formula is C38H45N3O4S2Si. The molecule has 48 heavy (non-hydrogen) atoms. The fraction of sp³-hybridized carbons (Fsp3) is 0.368. The molecule has 2 aromatic carbocycles. The summed E-state index contributed by atoms with van der Waals surface area (Å²) >= 11 is 3.38. The topological polar surface area (TPSA) is 85.5 Å². The normalized spacial score (nSPS) is 12.2. The molecule has 0 saturated heterocycles. The molecule has 7 nitrogen and oxygen atoms in total. The van der Waals surface area contributed by atoms with Crippen LogP contribution in [-0.4, -0.2) is 45.3 Å². The first-order valence-corrected chi connectivity index (χ1v) is 20.4. The van der Waals surface area contributed by atoms with Gasteiger partial charge < -0.3 is 23.2 Å². The molecule has 5 aromatic rings. The monoisotopic (exact) mass is 699 g/mol. The number of fused-ring (bicyclic) bond motifs is 3. The molecule has 0 aliphatic carbocycles. The van der Waals surface area contributed by atoms with Gasteiger partial charge in [-0.3, -0.25) is 4.79 Å². The lowest BCUT2D eigenvalue weighted by atomic mass is 10.1. The van der Waals surface area contributed by atoms with Crippen LogP contribution < -0.4 is 5.32 Å². The highest BCUT2D eigenvalue weighted by Gasteiger charge is 2.42. The molecule has 0 aliphatic heterocycles. The number of carbonyl (C=O) groups excluding carboxylic acids is 1. The number of aromatic nitrogens is 1. The van der Waals surface area contributed by atoms with E-state index in [1.54, 1.807) is 28.7 Å². The molecule has 0 spiro atoms. The third-order valence-electron chi connectivity index (χ3n) is 8.12. The van der Waals surface area contributed by atoms with Gasteiger partial charge >= 0.3 is 8.80 Å². The second kappa shape index (κ2) is 16.2. The molecule has 0 radical (unpaired) electrons. The molecule has 0 bridgehead atoms. The number of benzene rings is 2. The van der Waals surface area contributed by atoms with Crippen LogP contribution in [0.4, 0.5) is 0 Å². The molecule has 1 N–H and O–H groups in total. The van der Waals surface area contributed by atoms with E-state index in [-0.39, 0.29) is 11.7 Å². The lowest BCUT2D eigenvalue weighted by Crippen LogP contribution is -2.56. The van der Waals surface area contributed by atoms with Crippen LogP contribution in [0.25, 0.3) is 48.1 Å². The minimum absolute atomic E-state index is 0.0368. The lowest BCUT2D eigenvalue weighted by Gasteiger charge is -2.29. The Morgan fingerprint density at radius 1 is 0.854 bits per heavy atom. The predicted octanol–water partition coefficient (Wildman–Crippen LogP) is 9.67. The van der Waals surface area contributed by atoms with Crippen molar-refractivity contribution in [2.75, 3.05) is 26.0 Å². The van der Waals surface area contributed by atoms with Crippen molar-refractivity contribution in [2.24, 2.45) is 0 Å². The minimum atomic E-state index is -3.15. The number of carbonyl (C=O) groups is 1. The minimum Gasteiger partial charge on any atom is -0.372 e. The summed E-state index contributed by atoms with van der Waals surface area (Å²) in [5.74, 6) is -0.462. The predicted molar refractivity (Wildman–Crippen MR) is 202 cm³/mol. The maximum absolute atomic E-state index is 13.3. The Balaban J connectivity index is 1.38. The Hall–Kier alpha value is -3.56. The van der Waals surface area contributed by atoms with Crippen molar-refractivity contribution in [2.45, 2.75) is 67.3 Å². The van der Waals surface area contributed by atoms with Crippen LogP contribution in [0.15, 0.2) is 60.2 Å². The zero-order valence-corrected chi connectivity index (χ0v) is 31.4. The van der Waals surface area contributed by atoms with Gasteiger partial charge in [-0.2, -0.15) is 5.26 Å². The summed E-state index contributed by atoms with van der Waals surface area (Å²) in [5.41, 5.74) is 6.10. The van der Waals surface area contributed by atoms with Gasteiger partial charge in [0.1, 0.15) is 11.6 Å². The highest BCUT2D eigenvalue weighted by Crippen LogP contribution is 2.43. The molecule has 0 fully saturated rings. The SMILES string of the molecule is CCCO[Si](CNC(=O)/C(C#N)=C/c1cc(C)c(-c2cc(C)c(-c3ccc4c(c3)c3ccccc3n4CC)s2)s1)(OCCC)OCCC. The Kier molecular flexibility index (Phi) is 12.1. The van der Waals surface area contributed by atoms with Gasteiger partial charge in [0.05, 0.1) is 6.17 Å². The Bertz CT molecular complexity index is 1940. The van der Waals surface area contributed by atoms with E-state index in [4.69, 9.17) is 13.3 Å². The van der Waals surface area contributed by atoms with E-state index < -0.39 is 14.7 Å². The third-order valence-corrected chi connectivity index (χ3v) is 13.3. The summed E-state index contributed by atoms with van der Waals surface area (Å²) < 4.78 is 20.7. The Morgan fingerprint density at radius 3 is 2.15 bits per heavy atom. The van der Waals surface area contributed by atoms with Crippen LogP contribution in [0.1, 0.15) is 63.0 Å². The second-order valence-electron chi connectivity index (χ2n) is 11.9. The van der Waals surface area contributed by atoms with Crippen LogP contribution in [0.5, 0.6) is 0 Å². The van der Waals surface area contributed by atoms with Crippen molar-refractivity contribution < 1.29 is 18.1 Å². The number of amides is 1. The van der Waals surface area contributed by atoms with Gasteiger partial charge in [-0.15, -0.1) is 22.7 Å². The van der Waals surface area contributed by atoms with E-state index in [9.17, 15) is 10.1 Å². The van der Waals surface area contributed by atoms with E-state index in [2.05, 4.69) is 85.3 Å². The molecule has 1 amide bonds. The number of aryl methyl sites for hydroxylation is 3. The Morgan fingerprint density at radius 2 is 1.50 bits per heavy atom. The summed E-state index contributed by atoms with van der Waals surface area (Å²) in [6.45, 7) is 14.9. The second-order valence-corrected chi connectivity index (χ2v) is 16.6. The quantitative estimate of drug-likeness (QED) is 0.0630. The third kappa shape index (κ3) is 7.67. The molecule has 3 heterocycles. The van der Waals surface area contributed by atoms with Gasteiger partial charge in [0.2, 0.25) is 0 Å². The van der Waals surface area contributed by atoms with Gasteiger partial charge in [0.15, 0.2) is 0 Å². The average Bonchev–Trinajstić information content (AvgIpc) is 3.77. The fourth-order valence-electron chi connectivity index (χ4n) is 5.86. The van der Waals surface area contributed by atoms with Crippen molar-refractivity contribution in [3.63, 3.8) is 0 Å². The summed E-state index contributed by atoms with van der Waals surface area (Å²) in [6.07, 6.45) is 4.21. The van der Waals surface area contributed by atoms with E-state index in [1.807, 2.05) is 26.8 Å². The fourth-order valence-corrected chi connectivity index (χ4v) is 10.8. The number of rotatable bonds is 16. The van der Waals surface area contributed by atoms with E-state index in [0.717, 1.165) is 41.1 Å². The maximum Gasteiger partial charge on any atom is 0.521 e. The summed E-state index contributed by atoms with van der Waals surface area (Å²) in [7, 11) is -3.15. The number of para-hydroxylation sites is 1. The lowest BCUT2D eigenvalue weighted by molar-refractivity contribution is -0.117. The number of hydrogen-bond donors (Lipinski definition) is 1. The molecule has 0 aliphatic rings. The number of thiophene rings is 2. The smallest absolute Gasteiger partial charge is 0.372 e. The van der Waals surface area contributed by atoms with Gasteiger partial charge in [-0.25, -0.2) is 0 Å². The zero-order chi connectivity index (χ0) is 34.3. The number of nitrogens with zero attached hydrogens (tertiary/aromatic N) is 2. The first-order chi connectivity index (χ1) is 23.3. The van der Waals surface area contributed by atoms with E-state index in [1.165, 1.54) is 42.7 Å². The van der Waals surface area contributed by atoms with Crippen molar-refractivity contribution in [3.8, 4) is 26.3 Å². The number of nitriles is 1. The average molecular weight is 700 g/mol. The van der Waals surface area contributed by atoms with Crippen LogP contribution in [0, 0.1) is 25.2 Å². The summed E-state index contributed by atoms with van der Waals surface area (Å²) in [5, 5.41) is 15.4. The van der Waals surface area contributed by atoms with Crippen molar-refractivity contribution in [3.05, 3.63) is 76.2 Å². The highest BCUT2D eigenvalue weighted by molar-refractivity contribution is 7.24. The van der Waals surface area contributed by atoms with Crippen LogP contribution in [0.2, 0.25) is 0 Å². The molecule has 0 atom stereocenters. The van der Waals surface area contributed by atoms with Gasteiger partial charge in [-0.1, -0.05) is 45.0 Å². The van der Waals surface area contributed by atoms with Crippen LogP contribution in [0.3, 0.4) is 0 Å². The molecule has 0 saturated carbocycles. The standard InChI is InChI=1S/C38H45N3O4S2Si/c1-7-17-43-48(44-18-8-2,45-19-9-3)25-40-38(42)29(24-39)22-30-20-26(5)37(46-30)35-21-27(6)36(47-35)28-15-16-34-32(23-28)31-13-11-12-14-33(31)41(34)10-4/h11-16,20-23H,7-10,17-19,25H2,1-6H3,(H,40,42)/b29-22+. The van der Waals surface area contributed by atoms with Gasteiger partial charge in [0, 0.05) is 67.7 Å². The first-order valence-electron chi connectivity index (χ1n) is 16.8. The van der Waals surface area contributed by atoms with Crippen LogP contribution in [-0.2, 0) is 24.6 Å². The van der Waals surface area contributed by atoms with Crippen LogP contribution >= 0.6 is 22.7 Å². The number of hydrogen-bond acceptors (Lipinski definition) is 7. The van der Waals surface area contributed by atoms with Crippen molar-refractivity contribution >= 4 is 65.3 Å². The van der Waals surface area contributed by atoms with Gasteiger partial charge in [-0.05, 0) is 93.1 Å². The Labute approximate surface area is 293 Å². The summed E-state index contributed by atoms with van der Waals surface area (Å²) in [6, 6.07) is 21.8. The maximum atomic E-state index is 13.3. The molecule has 5 rings (SSSR count). The largest absolute Gasteiger partial charge is 0.521 e. The van der Waals surface area contributed by atoms with E-state index in [0.29, 0.717) is 19.8 Å².